The van der Waals surface area contributed by atoms with Gasteiger partial charge in [-0.3, -0.25) is 9.59 Å². The van der Waals surface area contributed by atoms with Crippen molar-refractivity contribution in [2.45, 2.75) is 32.2 Å². The lowest BCUT2D eigenvalue weighted by Gasteiger charge is -2.29. The Hall–Kier alpha value is -3.38. The second-order valence-electron chi connectivity index (χ2n) is 8.23. The van der Waals surface area contributed by atoms with Crippen LogP contribution in [0, 0.1) is 0 Å². The van der Waals surface area contributed by atoms with Crippen LogP contribution in [-0.4, -0.2) is 24.9 Å². The first-order valence-electron chi connectivity index (χ1n) is 11.4. The first-order chi connectivity index (χ1) is 16.1. The van der Waals surface area contributed by atoms with E-state index >= 15 is 0 Å². The summed E-state index contributed by atoms with van der Waals surface area (Å²) in [5.41, 5.74) is 2.98. The molecule has 1 atom stereocenters. The van der Waals surface area contributed by atoms with E-state index in [1.165, 1.54) is 36.3 Å². The number of hydrogen-bond acceptors (Lipinski definition) is 4. The van der Waals surface area contributed by atoms with Gasteiger partial charge in [-0.2, -0.15) is 0 Å². The van der Waals surface area contributed by atoms with Crippen LogP contribution in [0.3, 0.4) is 0 Å². The molecule has 6 heteroatoms. The Balaban J connectivity index is 1.46. The zero-order chi connectivity index (χ0) is 23.0. The first-order valence-corrected chi connectivity index (χ1v) is 12.3. The minimum absolute atomic E-state index is 0.201. The van der Waals surface area contributed by atoms with E-state index in [-0.39, 0.29) is 23.6 Å². The highest BCUT2D eigenvalue weighted by Crippen LogP contribution is 2.23. The number of benzene rings is 2. The van der Waals surface area contributed by atoms with Crippen molar-refractivity contribution < 1.29 is 9.59 Å². The molecule has 0 radical (unpaired) electrons. The molecule has 2 aromatic carbocycles. The van der Waals surface area contributed by atoms with Crippen LogP contribution in [0.5, 0.6) is 0 Å². The van der Waals surface area contributed by atoms with Gasteiger partial charge in [-0.1, -0.05) is 36.4 Å². The van der Waals surface area contributed by atoms with Gasteiger partial charge in [-0.25, -0.2) is 0 Å². The Bertz CT molecular complexity index is 1090. The molecule has 1 aliphatic heterocycles. The number of anilines is 1. The molecule has 4 rings (SSSR count). The second kappa shape index (κ2) is 11.0. The van der Waals surface area contributed by atoms with Gasteiger partial charge in [0.25, 0.3) is 11.8 Å². The number of nitrogens with zero attached hydrogens (tertiary/aromatic N) is 1. The normalized spacial score (nSPS) is 15.1. The molecule has 1 aromatic heterocycles. The predicted octanol–water partition coefficient (Wildman–Crippen LogP) is 5.39. The molecule has 1 saturated heterocycles. The maximum Gasteiger partial charge on any atom is 0.268 e. The summed E-state index contributed by atoms with van der Waals surface area (Å²) in [6.45, 7) is 4.16. The van der Waals surface area contributed by atoms with Crippen LogP contribution < -0.4 is 15.5 Å². The number of amides is 2. The Morgan fingerprint density at radius 2 is 1.67 bits per heavy atom. The SMILES string of the molecule is C[C@H](NC(=O)/C(=C/c1cccs1)NC(=O)c1ccccc1)c1ccc(N2CCCCC2)cc1. The van der Waals surface area contributed by atoms with Crippen LogP contribution >= 0.6 is 11.3 Å². The molecule has 1 aliphatic rings. The van der Waals surface area contributed by atoms with E-state index in [4.69, 9.17) is 0 Å². The Morgan fingerprint density at radius 1 is 0.939 bits per heavy atom. The highest BCUT2D eigenvalue weighted by atomic mass is 32.1. The monoisotopic (exact) mass is 459 g/mol. The first kappa shape index (κ1) is 22.8. The Morgan fingerprint density at radius 3 is 2.33 bits per heavy atom. The van der Waals surface area contributed by atoms with Gasteiger partial charge in [0, 0.05) is 29.2 Å². The zero-order valence-corrected chi connectivity index (χ0v) is 19.6. The summed E-state index contributed by atoms with van der Waals surface area (Å²) in [6, 6.07) is 20.9. The van der Waals surface area contributed by atoms with Gasteiger partial charge in [-0.15, -0.1) is 11.3 Å². The summed E-state index contributed by atoms with van der Waals surface area (Å²) in [6.07, 6.45) is 5.50. The molecule has 0 aliphatic carbocycles. The van der Waals surface area contributed by atoms with Crippen molar-refractivity contribution in [1.82, 2.24) is 10.6 Å². The lowest BCUT2D eigenvalue weighted by Crippen LogP contribution is -2.36. The third-order valence-corrected chi connectivity index (χ3v) is 6.64. The number of hydrogen-bond donors (Lipinski definition) is 2. The number of nitrogens with one attached hydrogen (secondary N) is 2. The molecular weight excluding hydrogens is 430 g/mol. The number of carbonyl (C=O) groups excluding carboxylic acids is 2. The average Bonchev–Trinajstić information content (AvgIpc) is 3.38. The summed E-state index contributed by atoms with van der Waals surface area (Å²) in [5.74, 6) is -0.632. The summed E-state index contributed by atoms with van der Waals surface area (Å²) in [5, 5.41) is 7.76. The van der Waals surface area contributed by atoms with Crippen molar-refractivity contribution in [3.63, 3.8) is 0 Å². The van der Waals surface area contributed by atoms with Crippen molar-refractivity contribution in [2.24, 2.45) is 0 Å². The van der Waals surface area contributed by atoms with Crippen molar-refractivity contribution in [1.29, 1.82) is 0 Å². The van der Waals surface area contributed by atoms with E-state index in [1.54, 1.807) is 30.3 Å². The predicted molar refractivity (Wildman–Crippen MR) is 135 cm³/mol. The average molecular weight is 460 g/mol. The van der Waals surface area contributed by atoms with Gasteiger partial charge in [0.2, 0.25) is 0 Å². The van der Waals surface area contributed by atoms with Crippen molar-refractivity contribution in [3.05, 3.63) is 93.8 Å². The topological polar surface area (TPSA) is 61.4 Å². The Kier molecular flexibility index (Phi) is 7.58. The van der Waals surface area contributed by atoms with E-state index in [1.807, 2.05) is 30.5 Å². The molecule has 0 bridgehead atoms. The molecule has 33 heavy (non-hydrogen) atoms. The maximum absolute atomic E-state index is 13.1. The zero-order valence-electron chi connectivity index (χ0n) is 18.8. The number of thiophene rings is 1. The molecule has 5 nitrogen and oxygen atoms in total. The molecule has 0 saturated carbocycles. The van der Waals surface area contributed by atoms with Crippen LogP contribution in [0.1, 0.15) is 53.0 Å². The highest BCUT2D eigenvalue weighted by Gasteiger charge is 2.18. The van der Waals surface area contributed by atoms with Gasteiger partial charge in [0.15, 0.2) is 0 Å². The van der Waals surface area contributed by atoms with Crippen molar-refractivity contribution in [2.75, 3.05) is 18.0 Å². The molecule has 2 heterocycles. The van der Waals surface area contributed by atoms with Crippen LogP contribution in [-0.2, 0) is 4.79 Å². The van der Waals surface area contributed by atoms with Crippen LogP contribution in [0.4, 0.5) is 5.69 Å². The van der Waals surface area contributed by atoms with Gasteiger partial charge in [-0.05, 0) is 73.5 Å². The fourth-order valence-corrected chi connectivity index (χ4v) is 4.60. The summed E-state index contributed by atoms with van der Waals surface area (Å²) < 4.78 is 0. The standard InChI is InChI=1S/C27H29N3O2S/c1-20(21-12-14-23(15-13-21)30-16-6-3-7-17-30)28-27(32)25(19-24-11-8-18-33-24)29-26(31)22-9-4-2-5-10-22/h2,4-5,8-15,18-20H,3,6-7,16-17H2,1H3,(H,28,32)(H,29,31)/b25-19-/t20-/m0/s1. The molecule has 2 amide bonds. The lowest BCUT2D eigenvalue weighted by molar-refractivity contribution is -0.118. The summed E-state index contributed by atoms with van der Waals surface area (Å²) in [4.78, 5) is 29.1. The molecule has 3 aromatic rings. The summed E-state index contributed by atoms with van der Waals surface area (Å²) >= 11 is 1.51. The van der Waals surface area contributed by atoms with E-state index in [0.29, 0.717) is 5.56 Å². The minimum Gasteiger partial charge on any atom is -0.372 e. The molecule has 0 unspecified atom stereocenters. The quantitative estimate of drug-likeness (QED) is 0.466. The third-order valence-electron chi connectivity index (χ3n) is 5.82. The van der Waals surface area contributed by atoms with Gasteiger partial charge >= 0.3 is 0 Å². The maximum atomic E-state index is 13.1. The molecular formula is C27H29N3O2S. The molecule has 1 fully saturated rings. The summed E-state index contributed by atoms with van der Waals surface area (Å²) in [7, 11) is 0. The van der Waals surface area contributed by atoms with Gasteiger partial charge in [0.05, 0.1) is 6.04 Å². The smallest absolute Gasteiger partial charge is 0.268 e. The lowest BCUT2D eigenvalue weighted by atomic mass is 10.1. The van der Waals surface area contributed by atoms with Crippen molar-refractivity contribution in [3.8, 4) is 0 Å². The highest BCUT2D eigenvalue weighted by molar-refractivity contribution is 7.10. The largest absolute Gasteiger partial charge is 0.372 e. The van der Waals surface area contributed by atoms with E-state index in [9.17, 15) is 9.59 Å². The van der Waals surface area contributed by atoms with Gasteiger partial charge in [0.1, 0.15) is 5.70 Å². The van der Waals surface area contributed by atoms with E-state index in [2.05, 4.69) is 39.8 Å². The number of carbonyl (C=O) groups is 2. The van der Waals surface area contributed by atoms with E-state index < -0.39 is 0 Å². The Labute approximate surface area is 199 Å². The van der Waals surface area contributed by atoms with Crippen LogP contribution in [0.15, 0.2) is 77.8 Å². The fraction of sp³-hybridized carbons (Fsp3) is 0.259. The van der Waals surface area contributed by atoms with E-state index in [0.717, 1.165) is 23.5 Å². The molecule has 0 spiro atoms. The van der Waals surface area contributed by atoms with Crippen molar-refractivity contribution >= 4 is 34.9 Å². The fourth-order valence-electron chi connectivity index (χ4n) is 3.94. The molecule has 2 N–H and O–H groups in total. The van der Waals surface area contributed by atoms with Crippen LogP contribution in [0.25, 0.3) is 6.08 Å². The third kappa shape index (κ3) is 6.11. The number of rotatable bonds is 7. The minimum atomic E-state index is -0.319. The van der Waals surface area contributed by atoms with Gasteiger partial charge < -0.3 is 15.5 Å². The number of piperidine rings is 1. The molecule has 170 valence electrons. The van der Waals surface area contributed by atoms with Crippen LogP contribution in [0.2, 0.25) is 0 Å². The second-order valence-corrected chi connectivity index (χ2v) is 9.21.